The number of carboxylic acid groups (broad SMARTS) is 1. The van der Waals surface area contributed by atoms with Gasteiger partial charge >= 0.3 is 12.0 Å². The summed E-state index contributed by atoms with van der Waals surface area (Å²) in [5.41, 5.74) is 7.41. The van der Waals surface area contributed by atoms with E-state index in [1.165, 1.54) is 4.90 Å². The minimum absolute atomic E-state index is 0.0511. The summed E-state index contributed by atoms with van der Waals surface area (Å²) in [5.74, 6) is -3.75. The van der Waals surface area contributed by atoms with Gasteiger partial charge in [-0.25, -0.2) is 13.6 Å². The number of aliphatic carboxylic acids is 1. The first-order valence-corrected chi connectivity index (χ1v) is 10.4. The van der Waals surface area contributed by atoms with Gasteiger partial charge in [-0.3, -0.25) is 4.79 Å². The van der Waals surface area contributed by atoms with Crippen LogP contribution in [0.25, 0.3) is 11.1 Å². The molecular weight excluding hydrogens is 402 g/mol. The lowest BCUT2D eigenvalue weighted by Gasteiger charge is -2.23. The van der Waals surface area contributed by atoms with Gasteiger partial charge in [0.05, 0.1) is 13.0 Å². The summed E-state index contributed by atoms with van der Waals surface area (Å²) in [4.78, 5) is 27.4. The molecule has 2 aromatic rings. The molecule has 2 aliphatic rings. The third-order valence-electron chi connectivity index (χ3n) is 6.48. The van der Waals surface area contributed by atoms with E-state index in [9.17, 15) is 23.5 Å². The van der Waals surface area contributed by atoms with Crippen LogP contribution < -0.4 is 0 Å². The molecule has 7 heteroatoms. The van der Waals surface area contributed by atoms with E-state index in [1.807, 2.05) is 45.0 Å². The lowest BCUT2D eigenvalue weighted by atomic mass is 9.84. The predicted molar refractivity (Wildman–Crippen MR) is 113 cm³/mol. The SMILES string of the molecule is Cc1ccc(-c2c(C)c3c(c(C)c2CC(=O)O)CN(C(=O)N2CCC(F)(F)C2)C3)cc1. The standard InChI is InChI=1S/C24H26F2N2O3/c1-14-4-6-17(7-5-14)22-16(3)20-12-28(23(31)27-9-8-24(25,26)13-27)11-19(20)15(2)18(22)10-21(29)30/h4-7H,8-13H2,1-3H3,(H,29,30). The number of rotatable bonds is 3. The monoisotopic (exact) mass is 428 g/mol. The Morgan fingerprint density at radius 1 is 1.00 bits per heavy atom. The largest absolute Gasteiger partial charge is 0.481 e. The van der Waals surface area contributed by atoms with Crippen LogP contribution >= 0.6 is 0 Å². The number of alkyl halides is 2. The fourth-order valence-corrected chi connectivity index (χ4v) is 4.78. The number of carboxylic acids is 1. The average Bonchev–Trinajstić information content (AvgIpc) is 3.30. The molecule has 2 amide bonds. The predicted octanol–water partition coefficient (Wildman–Crippen LogP) is 4.68. The second kappa shape index (κ2) is 7.62. The van der Waals surface area contributed by atoms with Crippen molar-refractivity contribution in [2.75, 3.05) is 13.1 Å². The Morgan fingerprint density at radius 2 is 1.61 bits per heavy atom. The summed E-state index contributed by atoms with van der Waals surface area (Å²) in [7, 11) is 0. The van der Waals surface area contributed by atoms with Crippen molar-refractivity contribution in [3.63, 3.8) is 0 Å². The molecule has 0 unspecified atom stereocenters. The number of hydrogen-bond acceptors (Lipinski definition) is 2. The third kappa shape index (κ3) is 3.89. The molecule has 2 aromatic carbocycles. The van der Waals surface area contributed by atoms with Crippen molar-refractivity contribution in [2.45, 2.75) is 52.6 Å². The van der Waals surface area contributed by atoms with E-state index in [0.717, 1.165) is 44.5 Å². The molecular formula is C24H26F2N2O3. The fraction of sp³-hybridized carbons (Fsp3) is 0.417. The molecule has 31 heavy (non-hydrogen) atoms. The Kier molecular flexibility index (Phi) is 5.23. The maximum absolute atomic E-state index is 13.6. The average molecular weight is 428 g/mol. The van der Waals surface area contributed by atoms with E-state index in [0.29, 0.717) is 13.1 Å². The zero-order chi connectivity index (χ0) is 22.5. The highest BCUT2D eigenvalue weighted by molar-refractivity contribution is 5.83. The first-order valence-electron chi connectivity index (χ1n) is 10.4. The smallest absolute Gasteiger partial charge is 0.320 e. The van der Waals surface area contributed by atoms with Crippen LogP contribution in [0.15, 0.2) is 24.3 Å². The Labute approximate surface area is 180 Å². The number of amides is 2. The summed E-state index contributed by atoms with van der Waals surface area (Å²) in [6.45, 7) is 6.00. The maximum atomic E-state index is 13.6. The topological polar surface area (TPSA) is 60.9 Å². The molecule has 0 aromatic heterocycles. The number of urea groups is 1. The summed E-state index contributed by atoms with van der Waals surface area (Å²) in [6, 6.07) is 7.57. The fourth-order valence-electron chi connectivity index (χ4n) is 4.78. The van der Waals surface area contributed by atoms with Gasteiger partial charge in [0, 0.05) is 26.1 Å². The minimum Gasteiger partial charge on any atom is -0.481 e. The number of carbonyl (C=O) groups excluding carboxylic acids is 1. The third-order valence-corrected chi connectivity index (χ3v) is 6.48. The van der Waals surface area contributed by atoms with E-state index in [1.54, 1.807) is 4.90 Å². The zero-order valence-electron chi connectivity index (χ0n) is 18.0. The lowest BCUT2D eigenvalue weighted by molar-refractivity contribution is -0.136. The molecule has 0 radical (unpaired) electrons. The molecule has 0 atom stereocenters. The van der Waals surface area contributed by atoms with Gasteiger partial charge in [-0.05, 0) is 59.7 Å². The van der Waals surface area contributed by atoms with Crippen LogP contribution in [0.5, 0.6) is 0 Å². The minimum atomic E-state index is -2.83. The van der Waals surface area contributed by atoms with Gasteiger partial charge < -0.3 is 14.9 Å². The van der Waals surface area contributed by atoms with Gasteiger partial charge in [0.15, 0.2) is 0 Å². The van der Waals surface area contributed by atoms with Gasteiger partial charge in [-0.15, -0.1) is 0 Å². The molecule has 0 aliphatic carbocycles. The summed E-state index contributed by atoms with van der Waals surface area (Å²) in [6.07, 6.45) is -0.423. The Bertz CT molecular complexity index is 1060. The number of halogens is 2. The van der Waals surface area contributed by atoms with Crippen molar-refractivity contribution in [1.82, 2.24) is 9.80 Å². The van der Waals surface area contributed by atoms with Crippen molar-refractivity contribution >= 4 is 12.0 Å². The number of aryl methyl sites for hydroxylation is 1. The van der Waals surface area contributed by atoms with Crippen molar-refractivity contribution in [3.8, 4) is 11.1 Å². The highest BCUT2D eigenvalue weighted by Crippen LogP contribution is 2.40. The summed E-state index contributed by atoms with van der Waals surface area (Å²) < 4.78 is 27.2. The molecule has 5 nitrogen and oxygen atoms in total. The van der Waals surface area contributed by atoms with Gasteiger partial charge in [0.25, 0.3) is 5.92 Å². The van der Waals surface area contributed by atoms with Crippen molar-refractivity contribution in [2.24, 2.45) is 0 Å². The highest BCUT2D eigenvalue weighted by atomic mass is 19.3. The number of carbonyl (C=O) groups is 2. The Morgan fingerprint density at radius 3 is 2.16 bits per heavy atom. The van der Waals surface area contributed by atoms with Gasteiger partial charge in [0.1, 0.15) is 0 Å². The molecule has 1 fully saturated rings. The number of fused-ring (bicyclic) bond motifs is 1. The lowest BCUT2D eigenvalue weighted by Crippen LogP contribution is -2.40. The van der Waals surface area contributed by atoms with Crippen LogP contribution in [0.2, 0.25) is 0 Å². The van der Waals surface area contributed by atoms with Crippen molar-refractivity contribution in [1.29, 1.82) is 0 Å². The van der Waals surface area contributed by atoms with Gasteiger partial charge in [-0.2, -0.15) is 0 Å². The second-order valence-corrected chi connectivity index (χ2v) is 8.66. The Hall–Kier alpha value is -2.96. The van der Waals surface area contributed by atoms with Crippen LogP contribution in [-0.2, 0) is 24.3 Å². The number of likely N-dealkylation sites (tertiary alicyclic amines) is 1. The van der Waals surface area contributed by atoms with E-state index in [4.69, 9.17) is 0 Å². The molecule has 0 spiro atoms. The molecule has 1 saturated heterocycles. The van der Waals surface area contributed by atoms with Crippen molar-refractivity contribution < 1.29 is 23.5 Å². The molecule has 164 valence electrons. The van der Waals surface area contributed by atoms with Gasteiger partial charge in [-0.1, -0.05) is 29.8 Å². The molecule has 4 rings (SSSR count). The van der Waals surface area contributed by atoms with Crippen LogP contribution in [0.4, 0.5) is 13.6 Å². The van der Waals surface area contributed by atoms with Gasteiger partial charge in [0.2, 0.25) is 0 Å². The van der Waals surface area contributed by atoms with Crippen LogP contribution in [0.3, 0.4) is 0 Å². The van der Waals surface area contributed by atoms with E-state index in [2.05, 4.69) is 0 Å². The number of nitrogens with zero attached hydrogens (tertiary/aromatic N) is 2. The second-order valence-electron chi connectivity index (χ2n) is 8.66. The normalized spacial score (nSPS) is 17.2. The molecule has 0 saturated carbocycles. The Balaban J connectivity index is 1.74. The molecule has 0 bridgehead atoms. The maximum Gasteiger partial charge on any atom is 0.320 e. The van der Waals surface area contributed by atoms with Crippen molar-refractivity contribution in [3.05, 3.63) is 57.6 Å². The summed E-state index contributed by atoms with van der Waals surface area (Å²) in [5, 5.41) is 9.54. The number of benzene rings is 2. The van der Waals surface area contributed by atoms with E-state index in [-0.39, 0.29) is 25.4 Å². The van der Waals surface area contributed by atoms with Crippen LogP contribution in [-0.4, -0.2) is 45.9 Å². The van der Waals surface area contributed by atoms with E-state index < -0.39 is 18.4 Å². The molecule has 2 aliphatic heterocycles. The first-order chi connectivity index (χ1) is 14.6. The molecule has 1 N–H and O–H groups in total. The molecule has 2 heterocycles. The zero-order valence-corrected chi connectivity index (χ0v) is 18.0. The highest BCUT2D eigenvalue weighted by Gasteiger charge is 2.42. The number of hydrogen-bond donors (Lipinski definition) is 1. The quantitative estimate of drug-likeness (QED) is 0.772. The first kappa shape index (κ1) is 21.3. The van der Waals surface area contributed by atoms with E-state index >= 15 is 0 Å². The summed E-state index contributed by atoms with van der Waals surface area (Å²) >= 11 is 0. The van der Waals surface area contributed by atoms with Crippen LogP contribution in [0, 0.1) is 20.8 Å². The van der Waals surface area contributed by atoms with Crippen LogP contribution in [0.1, 0.15) is 39.8 Å².